The Hall–Kier alpha value is -1.87. The van der Waals surface area contributed by atoms with Gasteiger partial charge in [-0.15, -0.1) is 10.2 Å². The van der Waals surface area contributed by atoms with E-state index in [0.29, 0.717) is 25.8 Å². The second-order valence-corrected chi connectivity index (χ2v) is 5.22. The zero-order valence-corrected chi connectivity index (χ0v) is 11.1. The molecule has 0 atom stereocenters. The summed E-state index contributed by atoms with van der Waals surface area (Å²) in [6, 6.07) is 4.72. The Morgan fingerprint density at radius 1 is 1.25 bits per heavy atom. The first-order chi connectivity index (χ1) is 9.36. The summed E-state index contributed by atoms with van der Waals surface area (Å²) in [5.74, 6) is -1.16. The number of hydrogen-bond donors (Lipinski definition) is 1. The van der Waals surface area contributed by atoms with Crippen molar-refractivity contribution in [2.45, 2.75) is 6.18 Å². The zero-order valence-electron chi connectivity index (χ0n) is 9.52. The topological polar surface area (TPSA) is 69.1 Å². The molecule has 1 aromatic carbocycles. The molecular weight excluding hydrogens is 315 g/mol. The molecule has 3 rings (SSSR count). The van der Waals surface area contributed by atoms with Crippen molar-refractivity contribution in [2.75, 3.05) is 5.73 Å². The quantitative estimate of drug-likeness (QED) is 0.700. The number of hydrogen-bond acceptors (Lipinski definition) is 5. The molecule has 0 saturated heterocycles. The van der Waals surface area contributed by atoms with Crippen LogP contribution in [0.25, 0.3) is 15.5 Å². The summed E-state index contributed by atoms with van der Waals surface area (Å²) in [7, 11) is 0. The monoisotopic (exact) mass is 319 g/mol. The molecule has 2 N–H and O–H groups in total. The summed E-state index contributed by atoms with van der Waals surface area (Å²) in [5, 5.41) is 11.1. The van der Waals surface area contributed by atoms with Gasteiger partial charge in [-0.05, 0) is 12.1 Å². The zero-order chi connectivity index (χ0) is 14.5. The number of rotatable bonds is 1. The molecule has 0 bridgehead atoms. The van der Waals surface area contributed by atoms with Crippen molar-refractivity contribution in [1.29, 1.82) is 0 Å². The molecule has 2 aromatic heterocycles. The molecule has 5 nitrogen and oxygen atoms in total. The Labute approximate surface area is 118 Å². The molecule has 0 aliphatic heterocycles. The van der Waals surface area contributed by atoms with Gasteiger partial charge in [-0.1, -0.05) is 29.0 Å². The minimum absolute atomic E-state index is 0.0563. The fraction of sp³-hybridized carbons (Fsp3) is 0.100. The number of aromatic nitrogens is 4. The summed E-state index contributed by atoms with van der Waals surface area (Å²) < 4.78 is 38.7. The Bertz CT molecular complexity index is 794. The van der Waals surface area contributed by atoms with Crippen molar-refractivity contribution in [3.05, 3.63) is 29.0 Å². The lowest BCUT2D eigenvalue weighted by atomic mass is 10.2. The van der Waals surface area contributed by atoms with Crippen LogP contribution in [-0.2, 0) is 6.18 Å². The molecule has 3 aromatic rings. The lowest BCUT2D eigenvalue weighted by molar-refractivity contribution is -0.146. The fourth-order valence-corrected chi connectivity index (χ4v) is 2.54. The lowest BCUT2D eigenvalue weighted by Gasteiger charge is -2.01. The van der Waals surface area contributed by atoms with Gasteiger partial charge in [0.05, 0.1) is 10.7 Å². The van der Waals surface area contributed by atoms with Gasteiger partial charge in [0.1, 0.15) is 5.01 Å². The lowest BCUT2D eigenvalue weighted by Crippen LogP contribution is -2.11. The molecule has 104 valence electrons. The largest absolute Gasteiger partial charge is 0.453 e. The van der Waals surface area contributed by atoms with Crippen LogP contribution in [0.2, 0.25) is 5.02 Å². The third-order valence-electron chi connectivity index (χ3n) is 2.49. The van der Waals surface area contributed by atoms with Gasteiger partial charge in [0.15, 0.2) is 0 Å². The second kappa shape index (κ2) is 4.32. The maximum Gasteiger partial charge on any atom is 0.453 e. The SMILES string of the molecule is Nc1cc(-c2nn3c(C(F)(F)F)nnc3s2)ccc1Cl. The van der Waals surface area contributed by atoms with E-state index >= 15 is 0 Å². The van der Waals surface area contributed by atoms with Crippen molar-refractivity contribution in [1.82, 2.24) is 19.8 Å². The highest BCUT2D eigenvalue weighted by molar-refractivity contribution is 7.19. The highest BCUT2D eigenvalue weighted by Crippen LogP contribution is 2.33. The van der Waals surface area contributed by atoms with Crippen molar-refractivity contribution < 1.29 is 13.2 Å². The van der Waals surface area contributed by atoms with Gasteiger partial charge in [-0.2, -0.15) is 22.8 Å². The average Bonchev–Trinajstić information content (AvgIpc) is 2.90. The van der Waals surface area contributed by atoms with Crippen LogP contribution in [0, 0.1) is 0 Å². The number of nitrogens with two attached hydrogens (primary N) is 1. The van der Waals surface area contributed by atoms with Crippen LogP contribution in [0.1, 0.15) is 5.82 Å². The molecular formula is C10H5ClF3N5S. The van der Waals surface area contributed by atoms with Crippen molar-refractivity contribution in [3.8, 4) is 10.6 Å². The number of nitrogens with zero attached hydrogens (tertiary/aromatic N) is 4. The van der Waals surface area contributed by atoms with Crippen LogP contribution in [0.4, 0.5) is 18.9 Å². The van der Waals surface area contributed by atoms with Crippen LogP contribution in [0.5, 0.6) is 0 Å². The summed E-state index contributed by atoms with van der Waals surface area (Å²) in [4.78, 5) is 0.0563. The van der Waals surface area contributed by atoms with E-state index in [2.05, 4.69) is 15.3 Å². The summed E-state index contributed by atoms with van der Waals surface area (Å²) >= 11 is 6.77. The van der Waals surface area contributed by atoms with Gasteiger partial charge in [0, 0.05) is 5.56 Å². The van der Waals surface area contributed by atoms with Gasteiger partial charge in [-0.3, -0.25) is 0 Å². The van der Waals surface area contributed by atoms with Gasteiger partial charge >= 0.3 is 6.18 Å². The number of halogens is 4. The van der Waals surface area contributed by atoms with Crippen molar-refractivity contribution in [3.63, 3.8) is 0 Å². The molecule has 0 aliphatic rings. The van der Waals surface area contributed by atoms with E-state index in [0.717, 1.165) is 11.3 Å². The second-order valence-electron chi connectivity index (χ2n) is 3.86. The van der Waals surface area contributed by atoms with E-state index < -0.39 is 12.0 Å². The Morgan fingerprint density at radius 3 is 2.65 bits per heavy atom. The van der Waals surface area contributed by atoms with Crippen LogP contribution in [0.15, 0.2) is 18.2 Å². The molecule has 0 aliphatic carbocycles. The van der Waals surface area contributed by atoms with E-state index in [1.807, 2.05) is 0 Å². The highest BCUT2D eigenvalue weighted by Gasteiger charge is 2.38. The predicted octanol–water partition coefficient (Wildman–Crippen LogP) is 3.11. The van der Waals surface area contributed by atoms with Crippen LogP contribution in [0.3, 0.4) is 0 Å². The van der Waals surface area contributed by atoms with Gasteiger partial charge in [0.25, 0.3) is 5.82 Å². The first-order valence-corrected chi connectivity index (χ1v) is 6.40. The van der Waals surface area contributed by atoms with Crippen molar-refractivity contribution >= 4 is 33.6 Å². The summed E-state index contributed by atoms with van der Waals surface area (Å²) in [6.45, 7) is 0. The average molecular weight is 320 g/mol. The van der Waals surface area contributed by atoms with E-state index in [4.69, 9.17) is 17.3 Å². The Balaban J connectivity index is 2.14. The van der Waals surface area contributed by atoms with Gasteiger partial charge in [0.2, 0.25) is 4.96 Å². The summed E-state index contributed by atoms with van der Waals surface area (Å²) in [5.41, 5.74) is 6.55. The number of anilines is 1. The molecule has 20 heavy (non-hydrogen) atoms. The fourth-order valence-electron chi connectivity index (χ4n) is 1.59. The Morgan fingerprint density at radius 2 is 2.00 bits per heavy atom. The van der Waals surface area contributed by atoms with Gasteiger partial charge in [-0.25, -0.2) is 0 Å². The van der Waals surface area contributed by atoms with E-state index in [1.165, 1.54) is 0 Å². The minimum Gasteiger partial charge on any atom is -0.398 e. The first-order valence-electron chi connectivity index (χ1n) is 5.21. The smallest absolute Gasteiger partial charge is 0.398 e. The third-order valence-corrected chi connectivity index (χ3v) is 3.78. The predicted molar refractivity (Wildman–Crippen MR) is 68.5 cm³/mol. The number of benzene rings is 1. The normalized spacial score (nSPS) is 12.2. The molecule has 2 heterocycles. The molecule has 0 radical (unpaired) electrons. The summed E-state index contributed by atoms with van der Waals surface area (Å²) in [6.07, 6.45) is -4.61. The standard InChI is InChI=1S/C10H5ClF3N5S/c11-5-2-1-4(3-6(5)15)7-18-19-8(10(12,13)14)16-17-9(19)20-7/h1-3H,15H2. The molecule has 0 fully saturated rings. The first kappa shape index (κ1) is 13.1. The minimum atomic E-state index is -4.61. The Kier molecular flexibility index (Phi) is 2.83. The van der Waals surface area contributed by atoms with Gasteiger partial charge < -0.3 is 5.73 Å². The molecule has 0 unspecified atom stereocenters. The van der Waals surface area contributed by atoms with Crippen LogP contribution < -0.4 is 5.73 Å². The highest BCUT2D eigenvalue weighted by atomic mass is 35.5. The van der Waals surface area contributed by atoms with Crippen LogP contribution >= 0.6 is 22.9 Å². The third kappa shape index (κ3) is 2.08. The van der Waals surface area contributed by atoms with E-state index in [-0.39, 0.29) is 4.96 Å². The van der Waals surface area contributed by atoms with Crippen molar-refractivity contribution in [2.24, 2.45) is 0 Å². The molecule has 0 spiro atoms. The number of fused-ring (bicyclic) bond motifs is 1. The number of nitrogen functional groups attached to an aromatic ring is 1. The van der Waals surface area contributed by atoms with E-state index in [1.54, 1.807) is 18.2 Å². The molecule has 0 saturated carbocycles. The van der Waals surface area contributed by atoms with Crippen LogP contribution in [-0.4, -0.2) is 19.8 Å². The molecule has 10 heteroatoms. The molecule has 0 amide bonds. The number of alkyl halides is 3. The maximum atomic E-state index is 12.7. The maximum absolute atomic E-state index is 12.7. The van der Waals surface area contributed by atoms with E-state index in [9.17, 15) is 13.2 Å².